The van der Waals surface area contributed by atoms with E-state index in [2.05, 4.69) is 0 Å². The van der Waals surface area contributed by atoms with Crippen molar-refractivity contribution in [1.29, 1.82) is 0 Å². The summed E-state index contributed by atoms with van der Waals surface area (Å²) >= 11 is 0. The first-order valence-corrected chi connectivity index (χ1v) is 7.18. The van der Waals surface area contributed by atoms with Gasteiger partial charge in [-0.2, -0.15) is 0 Å². The van der Waals surface area contributed by atoms with Gasteiger partial charge in [0, 0.05) is 0 Å². The van der Waals surface area contributed by atoms with E-state index in [1.165, 1.54) is 12.1 Å². The van der Waals surface area contributed by atoms with E-state index >= 15 is 0 Å². The molecular formula is C12H16O5S. The molecule has 0 bridgehead atoms. The second kappa shape index (κ2) is 5.86. The number of sulfone groups is 1. The van der Waals surface area contributed by atoms with Crippen molar-refractivity contribution in [3.63, 3.8) is 0 Å². The quantitative estimate of drug-likeness (QED) is 0.852. The van der Waals surface area contributed by atoms with Crippen molar-refractivity contribution in [2.45, 2.75) is 31.3 Å². The molecule has 0 amide bonds. The first-order chi connectivity index (χ1) is 8.31. The zero-order valence-corrected chi connectivity index (χ0v) is 11.1. The number of carbonyl (C=O) groups is 1. The molecule has 18 heavy (non-hydrogen) atoms. The first-order valence-electron chi connectivity index (χ1n) is 5.52. The fourth-order valence-corrected chi connectivity index (χ4v) is 2.57. The largest absolute Gasteiger partial charge is 0.491 e. The molecule has 0 aliphatic rings. The van der Waals surface area contributed by atoms with Crippen molar-refractivity contribution >= 4 is 15.8 Å². The van der Waals surface area contributed by atoms with E-state index in [4.69, 9.17) is 9.84 Å². The Morgan fingerprint density at radius 1 is 1.28 bits per heavy atom. The number of carboxylic acid groups (broad SMARTS) is 1. The standard InChI is InChI=1S/C12H16O5S/c1-9(2)17-10-3-5-11(6-4-10)18(15,16)8-7-12(13)14/h3-6,9H,7-8H2,1-2H3,(H,13,14). The Hall–Kier alpha value is -1.56. The molecule has 0 heterocycles. The van der Waals surface area contributed by atoms with Crippen LogP contribution in [0.3, 0.4) is 0 Å². The van der Waals surface area contributed by atoms with E-state index in [0.29, 0.717) is 5.75 Å². The maximum atomic E-state index is 11.8. The van der Waals surface area contributed by atoms with Crippen molar-refractivity contribution in [2.24, 2.45) is 0 Å². The lowest BCUT2D eigenvalue weighted by atomic mass is 10.3. The number of hydrogen-bond donors (Lipinski definition) is 1. The van der Waals surface area contributed by atoms with E-state index < -0.39 is 28.0 Å². The summed E-state index contributed by atoms with van der Waals surface area (Å²) < 4.78 is 28.9. The highest BCUT2D eigenvalue weighted by atomic mass is 32.2. The number of carboxylic acids is 1. The van der Waals surface area contributed by atoms with Crippen molar-refractivity contribution in [3.8, 4) is 5.75 Å². The van der Waals surface area contributed by atoms with Gasteiger partial charge in [0.2, 0.25) is 0 Å². The molecule has 1 N–H and O–H groups in total. The second-order valence-electron chi connectivity index (χ2n) is 4.10. The van der Waals surface area contributed by atoms with E-state index in [9.17, 15) is 13.2 Å². The molecule has 0 spiro atoms. The van der Waals surface area contributed by atoms with Gasteiger partial charge >= 0.3 is 5.97 Å². The van der Waals surface area contributed by atoms with Gasteiger partial charge in [0.15, 0.2) is 9.84 Å². The smallest absolute Gasteiger partial charge is 0.304 e. The average Bonchev–Trinajstić information content (AvgIpc) is 2.26. The summed E-state index contributed by atoms with van der Waals surface area (Å²) in [6.07, 6.45) is -0.383. The Morgan fingerprint density at radius 3 is 2.28 bits per heavy atom. The first kappa shape index (κ1) is 14.5. The summed E-state index contributed by atoms with van der Waals surface area (Å²) in [5.41, 5.74) is 0. The number of benzene rings is 1. The van der Waals surface area contributed by atoms with Gasteiger partial charge in [0.25, 0.3) is 0 Å². The van der Waals surface area contributed by atoms with Crippen LogP contribution < -0.4 is 4.74 Å². The number of rotatable bonds is 6. The molecule has 1 aromatic rings. The van der Waals surface area contributed by atoms with Gasteiger partial charge in [-0.3, -0.25) is 4.79 Å². The Labute approximate surface area is 106 Å². The van der Waals surface area contributed by atoms with Gasteiger partial charge in [-0.05, 0) is 38.1 Å². The number of hydrogen-bond acceptors (Lipinski definition) is 4. The van der Waals surface area contributed by atoms with Crippen LogP contribution in [0, 0.1) is 0 Å². The van der Waals surface area contributed by atoms with Gasteiger partial charge in [-0.15, -0.1) is 0 Å². The van der Waals surface area contributed by atoms with Gasteiger partial charge in [-0.25, -0.2) is 8.42 Å². The molecular weight excluding hydrogens is 256 g/mol. The lowest BCUT2D eigenvalue weighted by molar-refractivity contribution is -0.136. The molecule has 100 valence electrons. The van der Waals surface area contributed by atoms with Crippen LogP contribution in [0.1, 0.15) is 20.3 Å². The molecule has 1 rings (SSSR count). The minimum Gasteiger partial charge on any atom is -0.491 e. The van der Waals surface area contributed by atoms with Gasteiger partial charge in [0.1, 0.15) is 5.75 Å². The molecule has 0 aliphatic carbocycles. The molecule has 0 saturated heterocycles. The van der Waals surface area contributed by atoms with Crippen molar-refractivity contribution in [1.82, 2.24) is 0 Å². The van der Waals surface area contributed by atoms with Crippen LogP contribution in [-0.4, -0.2) is 31.4 Å². The van der Waals surface area contributed by atoms with Crippen LogP contribution in [0.2, 0.25) is 0 Å². The van der Waals surface area contributed by atoms with Gasteiger partial charge in [-0.1, -0.05) is 0 Å². The summed E-state index contributed by atoms with van der Waals surface area (Å²) in [5.74, 6) is -0.937. The third-order valence-corrected chi connectivity index (χ3v) is 3.87. The predicted molar refractivity (Wildman–Crippen MR) is 66.5 cm³/mol. The highest BCUT2D eigenvalue weighted by Gasteiger charge is 2.16. The third kappa shape index (κ3) is 4.37. The SMILES string of the molecule is CC(C)Oc1ccc(S(=O)(=O)CCC(=O)O)cc1. The Balaban J connectivity index is 2.81. The molecule has 6 heteroatoms. The molecule has 0 aromatic heterocycles. The molecule has 0 saturated carbocycles. The summed E-state index contributed by atoms with van der Waals surface area (Å²) in [4.78, 5) is 10.5. The summed E-state index contributed by atoms with van der Waals surface area (Å²) in [6.45, 7) is 3.75. The highest BCUT2D eigenvalue weighted by molar-refractivity contribution is 7.91. The molecule has 5 nitrogen and oxygen atoms in total. The fraction of sp³-hybridized carbons (Fsp3) is 0.417. The Kier molecular flexibility index (Phi) is 4.72. The van der Waals surface area contributed by atoms with Crippen molar-refractivity contribution < 1.29 is 23.1 Å². The molecule has 1 aromatic carbocycles. The van der Waals surface area contributed by atoms with Crippen LogP contribution in [0.25, 0.3) is 0 Å². The van der Waals surface area contributed by atoms with Crippen LogP contribution in [-0.2, 0) is 14.6 Å². The highest BCUT2D eigenvalue weighted by Crippen LogP contribution is 2.18. The van der Waals surface area contributed by atoms with E-state index in [-0.39, 0.29) is 11.0 Å². The van der Waals surface area contributed by atoms with E-state index in [0.717, 1.165) is 0 Å². The van der Waals surface area contributed by atoms with Crippen molar-refractivity contribution in [3.05, 3.63) is 24.3 Å². The fourth-order valence-electron chi connectivity index (χ4n) is 1.34. The summed E-state index contributed by atoms with van der Waals surface area (Å²) in [7, 11) is -3.54. The minimum atomic E-state index is -3.54. The van der Waals surface area contributed by atoms with Gasteiger partial charge in [0.05, 0.1) is 23.2 Å². The van der Waals surface area contributed by atoms with Crippen LogP contribution >= 0.6 is 0 Å². The molecule has 0 radical (unpaired) electrons. The minimum absolute atomic E-state index is 0.0134. The van der Waals surface area contributed by atoms with Crippen LogP contribution in [0.4, 0.5) is 0 Å². The third-order valence-electron chi connectivity index (χ3n) is 2.14. The van der Waals surface area contributed by atoms with E-state index in [1.54, 1.807) is 12.1 Å². The Morgan fingerprint density at radius 2 is 1.83 bits per heavy atom. The molecule has 0 fully saturated rings. The lowest BCUT2D eigenvalue weighted by Crippen LogP contribution is -2.11. The van der Waals surface area contributed by atoms with Gasteiger partial charge < -0.3 is 9.84 Å². The zero-order chi connectivity index (χ0) is 13.8. The second-order valence-corrected chi connectivity index (χ2v) is 6.21. The maximum absolute atomic E-state index is 11.8. The zero-order valence-electron chi connectivity index (χ0n) is 10.3. The van der Waals surface area contributed by atoms with Crippen LogP contribution in [0.15, 0.2) is 29.2 Å². The average molecular weight is 272 g/mol. The van der Waals surface area contributed by atoms with Crippen molar-refractivity contribution in [2.75, 3.05) is 5.75 Å². The number of aliphatic carboxylic acids is 1. The summed E-state index contributed by atoms with van der Waals surface area (Å²) in [5, 5.41) is 8.48. The lowest BCUT2D eigenvalue weighted by Gasteiger charge is -2.10. The summed E-state index contributed by atoms with van der Waals surface area (Å²) in [6, 6.07) is 5.98. The molecule has 0 atom stereocenters. The maximum Gasteiger partial charge on any atom is 0.304 e. The predicted octanol–water partition coefficient (Wildman–Crippen LogP) is 1.72. The normalized spacial score (nSPS) is 11.5. The van der Waals surface area contributed by atoms with E-state index in [1.807, 2.05) is 13.8 Å². The topological polar surface area (TPSA) is 80.7 Å². The molecule has 0 aliphatic heterocycles. The molecule has 0 unspecified atom stereocenters. The monoisotopic (exact) mass is 272 g/mol. The van der Waals surface area contributed by atoms with Crippen LogP contribution in [0.5, 0.6) is 5.75 Å². The number of ether oxygens (including phenoxy) is 1. The Bertz CT molecular complexity index is 502.